The monoisotopic (exact) mass is 232 g/mol. The first-order valence-corrected chi connectivity index (χ1v) is 6.90. The molecule has 1 aliphatic heterocycles. The fraction of sp³-hybridized carbons (Fsp3) is 0.667. The minimum absolute atomic E-state index is 0.00596. The molecule has 0 aromatic rings. The summed E-state index contributed by atoms with van der Waals surface area (Å²) in [7, 11) is 0. The number of rotatable bonds is 3. The van der Waals surface area contributed by atoms with Gasteiger partial charge in [0.1, 0.15) is 11.4 Å². The van der Waals surface area contributed by atoms with E-state index in [9.17, 15) is 0 Å². The molecule has 1 saturated carbocycles. The molecule has 2 nitrogen and oxygen atoms in total. The molecule has 3 rings (SSSR count). The molecule has 93 valence electrons. The highest BCUT2D eigenvalue weighted by Gasteiger charge is 2.34. The van der Waals surface area contributed by atoms with E-state index < -0.39 is 0 Å². The van der Waals surface area contributed by atoms with Gasteiger partial charge in [0.15, 0.2) is 0 Å². The van der Waals surface area contributed by atoms with Gasteiger partial charge in [0.25, 0.3) is 0 Å². The van der Waals surface area contributed by atoms with Gasteiger partial charge in [-0.25, -0.2) is 0 Å². The van der Waals surface area contributed by atoms with Crippen molar-refractivity contribution >= 4 is 0 Å². The van der Waals surface area contributed by atoms with Crippen molar-refractivity contribution in [2.75, 3.05) is 13.1 Å². The third kappa shape index (κ3) is 2.28. The molecule has 3 aliphatic rings. The minimum Gasteiger partial charge on any atom is -0.486 e. The van der Waals surface area contributed by atoms with Crippen LogP contribution in [-0.2, 0) is 4.74 Å². The van der Waals surface area contributed by atoms with E-state index >= 15 is 0 Å². The molecule has 1 atom stereocenters. The van der Waals surface area contributed by atoms with Crippen LogP contribution in [0, 0.1) is 12.3 Å². The molecule has 2 heteroatoms. The van der Waals surface area contributed by atoms with Crippen LogP contribution in [0.25, 0.3) is 0 Å². The lowest BCUT2D eigenvalue weighted by molar-refractivity contribution is 0.0366. The number of hydrogen-bond acceptors (Lipinski definition) is 2. The maximum absolute atomic E-state index is 6.32. The Balaban J connectivity index is 1.71. The van der Waals surface area contributed by atoms with Gasteiger partial charge < -0.3 is 10.1 Å². The van der Waals surface area contributed by atoms with Crippen LogP contribution >= 0.6 is 0 Å². The maximum atomic E-state index is 6.32. The van der Waals surface area contributed by atoms with Gasteiger partial charge in [-0.05, 0) is 56.7 Å². The van der Waals surface area contributed by atoms with Gasteiger partial charge in [-0.2, -0.15) is 0 Å². The normalized spacial score (nSPS) is 33.9. The molecule has 2 aliphatic carbocycles. The Morgan fingerprint density at radius 1 is 1.41 bits per heavy atom. The zero-order valence-electron chi connectivity index (χ0n) is 10.7. The van der Waals surface area contributed by atoms with Crippen molar-refractivity contribution in [2.24, 2.45) is 5.92 Å². The van der Waals surface area contributed by atoms with E-state index in [-0.39, 0.29) is 5.60 Å². The van der Waals surface area contributed by atoms with Crippen LogP contribution in [0.1, 0.15) is 39.0 Å². The molecular weight excluding hydrogens is 210 g/mol. The van der Waals surface area contributed by atoms with Crippen molar-refractivity contribution in [2.45, 2.75) is 44.6 Å². The summed E-state index contributed by atoms with van der Waals surface area (Å²) in [6.45, 7) is 4.29. The van der Waals surface area contributed by atoms with Gasteiger partial charge in [-0.15, -0.1) is 0 Å². The van der Waals surface area contributed by atoms with Gasteiger partial charge in [0.2, 0.25) is 0 Å². The number of nitrogens with one attached hydrogen (secondary N) is 1. The van der Waals surface area contributed by atoms with E-state index in [0.717, 1.165) is 31.8 Å². The van der Waals surface area contributed by atoms with Crippen LogP contribution < -0.4 is 5.32 Å². The Bertz CT molecular complexity index is 346. The average Bonchev–Trinajstić information content (AvgIpc) is 2.65. The molecular formula is C15H22NO. The second-order valence-electron chi connectivity index (χ2n) is 5.77. The molecule has 0 aromatic heterocycles. The Morgan fingerprint density at radius 2 is 2.29 bits per heavy atom. The highest BCUT2D eigenvalue weighted by Crippen LogP contribution is 2.40. The van der Waals surface area contributed by atoms with E-state index in [1.165, 1.54) is 30.6 Å². The molecule has 1 heterocycles. The summed E-state index contributed by atoms with van der Waals surface area (Å²) in [5.74, 6) is 1.93. The van der Waals surface area contributed by atoms with E-state index in [4.69, 9.17) is 4.74 Å². The molecule has 1 saturated heterocycles. The molecule has 2 fully saturated rings. The van der Waals surface area contributed by atoms with Crippen LogP contribution in [0.2, 0.25) is 0 Å². The van der Waals surface area contributed by atoms with Crippen molar-refractivity contribution in [3.05, 3.63) is 29.9 Å². The molecule has 0 amide bonds. The van der Waals surface area contributed by atoms with Gasteiger partial charge in [-0.1, -0.05) is 12.5 Å². The van der Waals surface area contributed by atoms with Gasteiger partial charge in [-0.3, -0.25) is 0 Å². The average molecular weight is 232 g/mol. The SMILES string of the molecule is C[C@]1(OC2=CC[CH]C=C2C2CCC2)CCNC1. The standard InChI is InChI=1S/C15H22NO/c1-15(9-10-16-11-15)17-14-8-3-2-7-13(14)12-5-4-6-12/h2,7-8,12,16H,3-6,9-11H2,1H3/t15-/m0/s1. The quantitative estimate of drug-likeness (QED) is 0.807. The summed E-state index contributed by atoms with van der Waals surface area (Å²) in [4.78, 5) is 0. The first kappa shape index (κ1) is 11.3. The van der Waals surface area contributed by atoms with Crippen LogP contribution in [0.3, 0.4) is 0 Å². The van der Waals surface area contributed by atoms with Crippen molar-refractivity contribution in [1.82, 2.24) is 5.32 Å². The van der Waals surface area contributed by atoms with E-state index in [1.54, 1.807) is 0 Å². The number of hydrogen-bond donors (Lipinski definition) is 1. The first-order chi connectivity index (χ1) is 8.27. The summed E-state index contributed by atoms with van der Waals surface area (Å²) in [5, 5.41) is 3.39. The molecule has 1 N–H and O–H groups in total. The molecule has 0 spiro atoms. The van der Waals surface area contributed by atoms with Crippen molar-refractivity contribution in [3.8, 4) is 0 Å². The number of allylic oxidation sites excluding steroid dienone is 3. The Morgan fingerprint density at radius 3 is 2.94 bits per heavy atom. The fourth-order valence-electron chi connectivity index (χ4n) is 2.87. The topological polar surface area (TPSA) is 21.3 Å². The van der Waals surface area contributed by atoms with Crippen molar-refractivity contribution in [1.29, 1.82) is 0 Å². The van der Waals surface area contributed by atoms with Crippen LogP contribution in [0.4, 0.5) is 0 Å². The van der Waals surface area contributed by atoms with Gasteiger partial charge in [0.05, 0.1) is 0 Å². The lowest BCUT2D eigenvalue weighted by atomic mass is 9.77. The van der Waals surface area contributed by atoms with E-state index in [1.807, 2.05) is 0 Å². The zero-order chi connectivity index (χ0) is 11.7. The Labute approximate surface area is 104 Å². The molecule has 0 unspecified atom stereocenters. The second kappa shape index (κ2) is 4.49. The summed E-state index contributed by atoms with van der Waals surface area (Å²) in [6, 6.07) is 0. The van der Waals surface area contributed by atoms with Crippen molar-refractivity contribution in [3.63, 3.8) is 0 Å². The largest absolute Gasteiger partial charge is 0.486 e. The van der Waals surface area contributed by atoms with Gasteiger partial charge >= 0.3 is 0 Å². The van der Waals surface area contributed by atoms with Crippen LogP contribution in [0.5, 0.6) is 0 Å². The third-order valence-electron chi connectivity index (χ3n) is 4.25. The van der Waals surface area contributed by atoms with E-state index in [2.05, 4.69) is 30.8 Å². The minimum atomic E-state index is 0.00596. The smallest absolute Gasteiger partial charge is 0.120 e. The van der Waals surface area contributed by atoms with Crippen molar-refractivity contribution < 1.29 is 4.74 Å². The predicted molar refractivity (Wildman–Crippen MR) is 69.4 cm³/mol. The highest BCUT2D eigenvalue weighted by molar-refractivity contribution is 5.36. The first-order valence-electron chi connectivity index (χ1n) is 6.90. The fourth-order valence-corrected chi connectivity index (χ4v) is 2.87. The van der Waals surface area contributed by atoms with Gasteiger partial charge in [0, 0.05) is 13.0 Å². The molecule has 0 bridgehead atoms. The zero-order valence-corrected chi connectivity index (χ0v) is 10.7. The van der Waals surface area contributed by atoms with Crippen LogP contribution in [0.15, 0.2) is 23.5 Å². The lowest BCUT2D eigenvalue weighted by Gasteiger charge is -2.35. The third-order valence-corrected chi connectivity index (χ3v) is 4.25. The number of ether oxygens (including phenoxy) is 1. The molecule has 1 radical (unpaired) electrons. The Kier molecular flexibility index (Phi) is 2.99. The Hall–Kier alpha value is -0.760. The van der Waals surface area contributed by atoms with E-state index in [0.29, 0.717) is 0 Å². The van der Waals surface area contributed by atoms with Crippen LogP contribution in [-0.4, -0.2) is 18.7 Å². The summed E-state index contributed by atoms with van der Waals surface area (Å²) in [5.41, 5.74) is 1.46. The maximum Gasteiger partial charge on any atom is 0.120 e. The molecule has 0 aromatic carbocycles. The summed E-state index contributed by atoms with van der Waals surface area (Å²) >= 11 is 0. The highest BCUT2D eigenvalue weighted by atomic mass is 16.5. The summed E-state index contributed by atoms with van der Waals surface area (Å²) in [6.07, 6.45) is 13.0. The lowest BCUT2D eigenvalue weighted by Crippen LogP contribution is -2.32. The second-order valence-corrected chi connectivity index (χ2v) is 5.77. The summed E-state index contributed by atoms with van der Waals surface area (Å²) < 4.78 is 6.32. The predicted octanol–water partition coefficient (Wildman–Crippen LogP) is 2.97. The molecule has 17 heavy (non-hydrogen) atoms.